The minimum absolute atomic E-state index is 0.194. The van der Waals surface area contributed by atoms with Crippen LogP contribution in [0.1, 0.15) is 36.3 Å². The van der Waals surface area contributed by atoms with Crippen LogP contribution in [0, 0.1) is 0 Å². The van der Waals surface area contributed by atoms with E-state index in [1.807, 2.05) is 36.4 Å². The zero-order chi connectivity index (χ0) is 16.8. The highest BCUT2D eigenvalue weighted by molar-refractivity contribution is 5.86. The molecule has 0 unspecified atom stereocenters. The molecule has 124 valence electrons. The Balaban J connectivity index is 1.63. The van der Waals surface area contributed by atoms with Crippen LogP contribution in [-0.4, -0.2) is 24.5 Å². The van der Waals surface area contributed by atoms with Gasteiger partial charge in [0.05, 0.1) is 0 Å². The van der Waals surface area contributed by atoms with E-state index < -0.39 is 6.10 Å². The maximum atomic E-state index is 12.1. The number of cyclic esters (lactones) is 1. The quantitative estimate of drug-likeness (QED) is 0.831. The summed E-state index contributed by atoms with van der Waals surface area (Å²) in [5.41, 5.74) is 2.45. The summed E-state index contributed by atoms with van der Waals surface area (Å²) in [4.78, 5) is 23.2. The number of nitrogens with one attached hydrogen (secondary N) is 1. The molecule has 1 aliphatic rings. The highest BCUT2D eigenvalue weighted by Crippen LogP contribution is 2.27. The normalized spacial score (nSPS) is 16.9. The van der Waals surface area contributed by atoms with Crippen LogP contribution >= 0.6 is 0 Å². The molecule has 1 saturated heterocycles. The van der Waals surface area contributed by atoms with Crippen LogP contribution < -0.4 is 5.32 Å². The number of benzene rings is 2. The first-order valence-electron chi connectivity index (χ1n) is 8.31. The third-order valence-corrected chi connectivity index (χ3v) is 4.31. The van der Waals surface area contributed by atoms with Crippen molar-refractivity contribution in [2.24, 2.45) is 0 Å². The van der Waals surface area contributed by atoms with Gasteiger partial charge in [0.2, 0.25) is 0 Å². The fraction of sp³-hybridized carbons (Fsp3) is 0.300. The minimum atomic E-state index is -0.621. The van der Waals surface area contributed by atoms with Crippen molar-refractivity contribution in [2.45, 2.75) is 31.3 Å². The lowest BCUT2D eigenvalue weighted by atomic mass is 9.88. The average Bonchev–Trinajstić information content (AvgIpc) is 3.07. The van der Waals surface area contributed by atoms with Crippen LogP contribution in [0.3, 0.4) is 0 Å². The van der Waals surface area contributed by atoms with E-state index >= 15 is 0 Å². The van der Waals surface area contributed by atoms with E-state index in [1.165, 1.54) is 11.1 Å². The highest BCUT2D eigenvalue weighted by Gasteiger charge is 2.29. The lowest BCUT2D eigenvalue weighted by molar-refractivity contribution is -0.148. The Hall–Kier alpha value is -2.62. The van der Waals surface area contributed by atoms with Crippen LogP contribution in [0.15, 0.2) is 60.7 Å². The van der Waals surface area contributed by atoms with Crippen LogP contribution in [0.25, 0.3) is 0 Å². The number of hydrogen-bond acceptors (Lipinski definition) is 3. The fourth-order valence-corrected chi connectivity index (χ4v) is 3.06. The number of amides is 1. The molecule has 1 aliphatic heterocycles. The van der Waals surface area contributed by atoms with Crippen molar-refractivity contribution in [3.63, 3.8) is 0 Å². The Labute approximate surface area is 141 Å². The smallest absolute Gasteiger partial charge is 0.306 e. The molecular formula is C20H21NO3. The van der Waals surface area contributed by atoms with E-state index in [1.54, 1.807) is 0 Å². The second-order valence-corrected chi connectivity index (χ2v) is 5.97. The largest absolute Gasteiger partial charge is 0.452 e. The van der Waals surface area contributed by atoms with Gasteiger partial charge in [0.15, 0.2) is 6.10 Å². The SMILES string of the molecule is O=C1CC[C@@H](C(=O)NCCC(c2ccccc2)c2ccccc2)O1. The van der Waals surface area contributed by atoms with Gasteiger partial charge in [-0.2, -0.15) is 0 Å². The van der Waals surface area contributed by atoms with Gasteiger partial charge in [-0.15, -0.1) is 0 Å². The van der Waals surface area contributed by atoms with Gasteiger partial charge in [0.1, 0.15) is 0 Å². The summed E-state index contributed by atoms with van der Waals surface area (Å²) in [6, 6.07) is 20.6. The highest BCUT2D eigenvalue weighted by atomic mass is 16.6. The van der Waals surface area contributed by atoms with Crippen LogP contribution in [0.5, 0.6) is 0 Å². The monoisotopic (exact) mass is 323 g/mol. The van der Waals surface area contributed by atoms with Gasteiger partial charge in [-0.3, -0.25) is 9.59 Å². The molecule has 0 aliphatic carbocycles. The average molecular weight is 323 g/mol. The van der Waals surface area contributed by atoms with Crippen LogP contribution in [0.4, 0.5) is 0 Å². The minimum Gasteiger partial charge on any atom is -0.452 e. The van der Waals surface area contributed by atoms with Gasteiger partial charge >= 0.3 is 5.97 Å². The molecule has 2 aromatic carbocycles. The Bertz CT molecular complexity index is 645. The molecule has 24 heavy (non-hydrogen) atoms. The first-order chi connectivity index (χ1) is 11.7. The number of carbonyl (C=O) groups excluding carboxylic acids is 2. The van der Waals surface area contributed by atoms with Crippen LogP contribution in [0.2, 0.25) is 0 Å². The molecule has 3 rings (SSSR count). The molecule has 0 radical (unpaired) electrons. The summed E-state index contributed by atoms with van der Waals surface area (Å²) in [7, 11) is 0. The van der Waals surface area contributed by atoms with E-state index in [2.05, 4.69) is 29.6 Å². The van der Waals surface area contributed by atoms with E-state index in [4.69, 9.17) is 4.74 Å². The molecular weight excluding hydrogens is 302 g/mol. The summed E-state index contributed by atoms with van der Waals surface area (Å²) in [5.74, 6) is -0.263. The predicted molar refractivity (Wildman–Crippen MR) is 91.5 cm³/mol. The molecule has 4 nitrogen and oxygen atoms in total. The third-order valence-electron chi connectivity index (χ3n) is 4.31. The summed E-state index contributed by atoms with van der Waals surface area (Å²) in [6.45, 7) is 0.543. The summed E-state index contributed by atoms with van der Waals surface area (Å²) in [5, 5.41) is 2.90. The fourth-order valence-electron chi connectivity index (χ4n) is 3.06. The van der Waals surface area contributed by atoms with E-state index in [9.17, 15) is 9.59 Å². The number of hydrogen-bond donors (Lipinski definition) is 1. The standard InChI is InChI=1S/C20H21NO3/c22-19-12-11-18(24-19)20(23)21-14-13-17(15-7-3-1-4-8-15)16-9-5-2-6-10-16/h1-10,17-18H,11-14H2,(H,21,23)/t18-/m0/s1. The van der Waals surface area contributed by atoms with Crippen molar-refractivity contribution < 1.29 is 14.3 Å². The number of esters is 1. The van der Waals surface area contributed by atoms with Gasteiger partial charge in [0.25, 0.3) is 5.91 Å². The molecule has 1 N–H and O–H groups in total. The maximum Gasteiger partial charge on any atom is 0.306 e. The summed E-state index contributed by atoms with van der Waals surface area (Å²) >= 11 is 0. The molecule has 0 aromatic heterocycles. The van der Waals surface area contributed by atoms with Gasteiger partial charge in [0, 0.05) is 25.3 Å². The van der Waals surface area contributed by atoms with Gasteiger partial charge in [-0.1, -0.05) is 60.7 Å². The Morgan fingerprint density at radius 1 is 1.04 bits per heavy atom. The molecule has 1 fully saturated rings. The van der Waals surface area contributed by atoms with Crippen molar-refractivity contribution in [1.29, 1.82) is 0 Å². The van der Waals surface area contributed by atoms with E-state index in [0.29, 0.717) is 19.4 Å². The second-order valence-electron chi connectivity index (χ2n) is 5.97. The lowest BCUT2D eigenvalue weighted by Crippen LogP contribution is -2.35. The van der Waals surface area contributed by atoms with E-state index in [0.717, 1.165) is 6.42 Å². The Morgan fingerprint density at radius 2 is 1.62 bits per heavy atom. The van der Waals surface area contributed by atoms with Gasteiger partial charge in [-0.25, -0.2) is 0 Å². The molecule has 0 bridgehead atoms. The molecule has 2 aromatic rings. The molecule has 0 spiro atoms. The van der Waals surface area contributed by atoms with Gasteiger partial charge in [-0.05, 0) is 17.5 Å². The Morgan fingerprint density at radius 3 is 2.12 bits per heavy atom. The first kappa shape index (κ1) is 16.2. The van der Waals surface area contributed by atoms with Crippen molar-refractivity contribution >= 4 is 11.9 Å². The van der Waals surface area contributed by atoms with Crippen molar-refractivity contribution in [3.05, 3.63) is 71.8 Å². The molecule has 1 amide bonds. The van der Waals surface area contributed by atoms with Gasteiger partial charge < -0.3 is 10.1 Å². The number of carbonyl (C=O) groups is 2. The molecule has 4 heteroatoms. The topological polar surface area (TPSA) is 55.4 Å². The molecule has 1 heterocycles. The second kappa shape index (κ2) is 7.77. The van der Waals surface area contributed by atoms with Crippen molar-refractivity contribution in [1.82, 2.24) is 5.32 Å². The molecule has 0 saturated carbocycles. The van der Waals surface area contributed by atoms with E-state index in [-0.39, 0.29) is 17.8 Å². The van der Waals surface area contributed by atoms with Crippen molar-refractivity contribution in [2.75, 3.05) is 6.54 Å². The lowest BCUT2D eigenvalue weighted by Gasteiger charge is -2.19. The number of rotatable bonds is 6. The van der Waals surface area contributed by atoms with Crippen molar-refractivity contribution in [3.8, 4) is 0 Å². The number of ether oxygens (including phenoxy) is 1. The summed E-state index contributed by atoms with van der Waals surface area (Å²) in [6.07, 6.45) is 0.977. The third kappa shape index (κ3) is 4.02. The first-order valence-corrected chi connectivity index (χ1v) is 8.31. The predicted octanol–water partition coefficient (Wildman–Crippen LogP) is 3.03. The maximum absolute atomic E-state index is 12.1. The van der Waals surface area contributed by atoms with Crippen LogP contribution in [-0.2, 0) is 14.3 Å². The Kier molecular flexibility index (Phi) is 5.26. The summed E-state index contributed by atoms with van der Waals surface area (Å²) < 4.78 is 5.00. The zero-order valence-electron chi connectivity index (χ0n) is 13.5. The molecule has 1 atom stereocenters. The zero-order valence-corrected chi connectivity index (χ0v) is 13.5.